The van der Waals surface area contributed by atoms with Gasteiger partial charge in [-0.3, -0.25) is 4.79 Å². The second kappa shape index (κ2) is 5.11. The van der Waals surface area contributed by atoms with Gasteiger partial charge in [-0.2, -0.15) is 9.61 Å². The molecule has 3 rings (SSSR count). The van der Waals surface area contributed by atoms with Crippen LogP contribution in [0.5, 0.6) is 5.88 Å². The predicted molar refractivity (Wildman–Crippen MR) is 71.4 cm³/mol. The summed E-state index contributed by atoms with van der Waals surface area (Å²) in [7, 11) is 1.43. The van der Waals surface area contributed by atoms with E-state index < -0.39 is 0 Å². The molecule has 0 unspecified atom stereocenters. The van der Waals surface area contributed by atoms with Crippen molar-refractivity contribution in [2.45, 2.75) is 31.6 Å². The summed E-state index contributed by atoms with van der Waals surface area (Å²) >= 11 is 0. The van der Waals surface area contributed by atoms with E-state index in [0.717, 1.165) is 31.4 Å². The molecular weight excluding hydrogens is 258 g/mol. The lowest BCUT2D eigenvalue weighted by Crippen LogP contribution is -2.22. The number of aromatic nitrogens is 3. The Morgan fingerprint density at radius 1 is 1.40 bits per heavy atom. The van der Waals surface area contributed by atoms with Gasteiger partial charge in [0, 0.05) is 18.1 Å². The normalized spacial score (nSPS) is 22.9. The molecule has 0 amide bonds. The number of hydrogen-bond acceptors (Lipinski definition) is 5. The summed E-state index contributed by atoms with van der Waals surface area (Å²) in [6, 6.07) is 3.44. The minimum atomic E-state index is -0.120. The number of hydrogen-bond donors (Lipinski definition) is 1. The monoisotopic (exact) mass is 275 g/mol. The van der Waals surface area contributed by atoms with Crippen molar-refractivity contribution < 1.29 is 14.6 Å². The highest BCUT2D eigenvalue weighted by Crippen LogP contribution is 2.36. The van der Waals surface area contributed by atoms with Crippen molar-refractivity contribution in [1.82, 2.24) is 14.6 Å². The summed E-state index contributed by atoms with van der Waals surface area (Å²) in [6.07, 6.45) is 5.00. The van der Waals surface area contributed by atoms with Crippen molar-refractivity contribution in [3.8, 4) is 5.88 Å². The lowest BCUT2D eigenvalue weighted by atomic mass is 9.80. The summed E-state index contributed by atoms with van der Waals surface area (Å²) in [5.41, 5.74) is 1.52. The first-order chi connectivity index (χ1) is 9.69. The molecule has 1 N–H and O–H groups in total. The molecule has 2 aromatic rings. The highest BCUT2D eigenvalue weighted by molar-refractivity contribution is 5.72. The SMILES string of the molecule is COC(=O)[C@H]1CC[C@H](c2cc(O)n3nccc3n2)CC1. The highest BCUT2D eigenvalue weighted by atomic mass is 16.5. The van der Waals surface area contributed by atoms with Crippen molar-refractivity contribution >= 4 is 11.6 Å². The molecule has 0 radical (unpaired) electrons. The zero-order chi connectivity index (χ0) is 14.1. The van der Waals surface area contributed by atoms with Gasteiger partial charge in [0.15, 0.2) is 5.65 Å². The van der Waals surface area contributed by atoms with Crippen molar-refractivity contribution in [3.63, 3.8) is 0 Å². The first-order valence-electron chi connectivity index (χ1n) is 6.80. The number of aromatic hydroxyl groups is 1. The number of rotatable bonds is 2. The molecule has 0 aliphatic heterocycles. The Hall–Kier alpha value is -2.11. The molecule has 0 spiro atoms. The van der Waals surface area contributed by atoms with E-state index in [4.69, 9.17) is 4.74 Å². The van der Waals surface area contributed by atoms with Crippen LogP contribution in [0.3, 0.4) is 0 Å². The first-order valence-corrected chi connectivity index (χ1v) is 6.80. The molecule has 1 aliphatic rings. The van der Waals surface area contributed by atoms with Gasteiger partial charge in [-0.1, -0.05) is 0 Å². The first kappa shape index (κ1) is 12.9. The van der Waals surface area contributed by atoms with Gasteiger partial charge < -0.3 is 9.84 Å². The smallest absolute Gasteiger partial charge is 0.308 e. The van der Waals surface area contributed by atoms with E-state index in [9.17, 15) is 9.90 Å². The van der Waals surface area contributed by atoms with Crippen LogP contribution in [0.15, 0.2) is 18.3 Å². The van der Waals surface area contributed by atoms with Crippen LogP contribution >= 0.6 is 0 Å². The summed E-state index contributed by atoms with van der Waals surface area (Å²) in [6.45, 7) is 0. The van der Waals surface area contributed by atoms with Gasteiger partial charge >= 0.3 is 5.97 Å². The molecule has 1 aliphatic carbocycles. The van der Waals surface area contributed by atoms with Gasteiger partial charge in [-0.25, -0.2) is 4.98 Å². The summed E-state index contributed by atoms with van der Waals surface area (Å²) in [5, 5.41) is 13.9. The molecule has 6 heteroatoms. The van der Waals surface area contributed by atoms with Crippen LogP contribution in [0.4, 0.5) is 0 Å². The van der Waals surface area contributed by atoms with Gasteiger partial charge in [-0.05, 0) is 25.7 Å². The summed E-state index contributed by atoms with van der Waals surface area (Å²) in [5.74, 6) is 0.265. The lowest BCUT2D eigenvalue weighted by molar-refractivity contribution is -0.146. The van der Waals surface area contributed by atoms with E-state index in [1.54, 1.807) is 18.3 Å². The standard InChI is InChI=1S/C14H17N3O3/c1-20-14(19)10-4-2-9(3-5-10)11-8-13(18)17-12(16-11)6-7-15-17/h6-10,18H,2-5H2,1H3/t9-,10-. The van der Waals surface area contributed by atoms with Crippen molar-refractivity contribution in [3.05, 3.63) is 24.0 Å². The molecule has 0 aromatic carbocycles. The van der Waals surface area contributed by atoms with Crippen LogP contribution in [0.25, 0.3) is 5.65 Å². The third-order valence-corrected chi connectivity index (χ3v) is 4.04. The van der Waals surface area contributed by atoms with E-state index in [0.29, 0.717) is 5.65 Å². The number of carbonyl (C=O) groups excluding carboxylic acids is 1. The van der Waals surface area contributed by atoms with Crippen LogP contribution in [0.1, 0.15) is 37.3 Å². The van der Waals surface area contributed by atoms with E-state index >= 15 is 0 Å². The van der Waals surface area contributed by atoms with Crippen LogP contribution in [0.2, 0.25) is 0 Å². The average Bonchev–Trinajstić information content (AvgIpc) is 2.95. The Bertz CT molecular complexity index is 630. The fraction of sp³-hybridized carbons (Fsp3) is 0.500. The lowest BCUT2D eigenvalue weighted by Gasteiger charge is -2.26. The van der Waals surface area contributed by atoms with Gasteiger partial charge in [0.25, 0.3) is 0 Å². The number of fused-ring (bicyclic) bond motifs is 1. The van der Waals surface area contributed by atoms with Crippen LogP contribution in [-0.4, -0.2) is 32.8 Å². The Balaban J connectivity index is 1.78. The Morgan fingerprint density at radius 2 is 2.15 bits per heavy atom. The third kappa shape index (κ3) is 2.21. The van der Waals surface area contributed by atoms with Crippen LogP contribution < -0.4 is 0 Å². The van der Waals surface area contributed by atoms with Crippen LogP contribution in [0, 0.1) is 5.92 Å². The molecular formula is C14H17N3O3. The van der Waals surface area contributed by atoms with Gasteiger partial charge in [0.05, 0.1) is 24.9 Å². The maximum atomic E-state index is 11.5. The third-order valence-electron chi connectivity index (χ3n) is 4.04. The summed E-state index contributed by atoms with van der Waals surface area (Å²) in [4.78, 5) is 16.0. The highest BCUT2D eigenvalue weighted by Gasteiger charge is 2.28. The fourth-order valence-electron chi connectivity index (χ4n) is 2.92. The van der Waals surface area contributed by atoms with E-state index in [1.807, 2.05) is 0 Å². The molecule has 20 heavy (non-hydrogen) atoms. The fourth-order valence-corrected chi connectivity index (χ4v) is 2.92. The molecule has 0 bridgehead atoms. The van der Waals surface area contributed by atoms with E-state index in [2.05, 4.69) is 10.1 Å². The second-order valence-corrected chi connectivity index (χ2v) is 5.21. The van der Waals surface area contributed by atoms with Gasteiger partial charge in [0.2, 0.25) is 5.88 Å². The summed E-state index contributed by atoms with van der Waals surface area (Å²) < 4.78 is 6.20. The van der Waals surface area contributed by atoms with E-state index in [-0.39, 0.29) is 23.7 Å². The quantitative estimate of drug-likeness (QED) is 0.847. The molecule has 106 valence electrons. The molecule has 2 heterocycles. The number of methoxy groups -OCH3 is 1. The number of carbonyl (C=O) groups is 1. The number of ether oxygens (including phenoxy) is 1. The molecule has 0 atom stereocenters. The Labute approximate surface area is 116 Å². The predicted octanol–water partition coefficient (Wildman–Crippen LogP) is 1.88. The van der Waals surface area contributed by atoms with E-state index in [1.165, 1.54) is 11.6 Å². The molecule has 1 saturated carbocycles. The molecule has 1 fully saturated rings. The topological polar surface area (TPSA) is 76.7 Å². The zero-order valence-electron chi connectivity index (χ0n) is 11.3. The molecule has 0 saturated heterocycles. The number of esters is 1. The number of nitrogens with zero attached hydrogens (tertiary/aromatic N) is 3. The minimum Gasteiger partial charge on any atom is -0.493 e. The zero-order valence-corrected chi connectivity index (χ0v) is 11.3. The average molecular weight is 275 g/mol. The minimum absolute atomic E-state index is 0.00328. The van der Waals surface area contributed by atoms with Crippen molar-refractivity contribution in [2.75, 3.05) is 7.11 Å². The maximum Gasteiger partial charge on any atom is 0.308 e. The maximum absolute atomic E-state index is 11.5. The second-order valence-electron chi connectivity index (χ2n) is 5.21. The van der Waals surface area contributed by atoms with Gasteiger partial charge in [0.1, 0.15) is 0 Å². The van der Waals surface area contributed by atoms with Crippen molar-refractivity contribution in [1.29, 1.82) is 0 Å². The Kier molecular flexibility index (Phi) is 3.30. The Morgan fingerprint density at radius 3 is 2.85 bits per heavy atom. The molecule has 2 aromatic heterocycles. The largest absolute Gasteiger partial charge is 0.493 e. The van der Waals surface area contributed by atoms with Crippen molar-refractivity contribution in [2.24, 2.45) is 5.92 Å². The van der Waals surface area contributed by atoms with Crippen LogP contribution in [-0.2, 0) is 9.53 Å². The van der Waals surface area contributed by atoms with Gasteiger partial charge in [-0.15, -0.1) is 0 Å². The molecule has 6 nitrogen and oxygen atoms in total.